The van der Waals surface area contributed by atoms with E-state index in [1.165, 1.54) is 11.1 Å². The Kier molecular flexibility index (Phi) is 5.29. The van der Waals surface area contributed by atoms with E-state index in [2.05, 4.69) is 57.1 Å². The van der Waals surface area contributed by atoms with Crippen LogP contribution >= 0.6 is 15.9 Å². The van der Waals surface area contributed by atoms with Crippen LogP contribution in [0.25, 0.3) is 0 Å². The van der Waals surface area contributed by atoms with Gasteiger partial charge in [-0.25, -0.2) is 0 Å². The van der Waals surface area contributed by atoms with Crippen molar-refractivity contribution in [1.82, 2.24) is 19.6 Å². The minimum atomic E-state index is -0.675. The van der Waals surface area contributed by atoms with Gasteiger partial charge in [0, 0.05) is 38.9 Å². The lowest BCUT2D eigenvalue weighted by atomic mass is 10.0. The number of hydrogen-bond donors (Lipinski definition) is 0. The van der Waals surface area contributed by atoms with Crippen LogP contribution in [-0.4, -0.2) is 51.7 Å². The van der Waals surface area contributed by atoms with Crippen LogP contribution in [0, 0.1) is 6.92 Å². The number of aromatic nitrogens is 2. The Hall–Kier alpha value is -1.66. The van der Waals surface area contributed by atoms with Crippen molar-refractivity contribution in [2.45, 2.75) is 32.9 Å². The van der Waals surface area contributed by atoms with Crippen molar-refractivity contribution in [1.29, 1.82) is 0 Å². The molecule has 0 spiro atoms. The normalized spacial score (nSPS) is 16.2. The number of hydrogen-bond acceptors (Lipinski definition) is 3. The number of rotatable bonds is 4. The van der Waals surface area contributed by atoms with Crippen molar-refractivity contribution < 1.29 is 4.79 Å². The van der Waals surface area contributed by atoms with E-state index in [9.17, 15) is 4.79 Å². The molecule has 3 rings (SSSR count). The molecule has 0 saturated carbocycles. The highest BCUT2D eigenvalue weighted by molar-refractivity contribution is 9.10. The van der Waals surface area contributed by atoms with Gasteiger partial charge in [0.2, 0.25) is 5.91 Å². The summed E-state index contributed by atoms with van der Waals surface area (Å²) in [5, 5.41) is 4.29. The van der Waals surface area contributed by atoms with Gasteiger partial charge in [0.25, 0.3) is 0 Å². The fourth-order valence-electron chi connectivity index (χ4n) is 3.15. The van der Waals surface area contributed by atoms with Gasteiger partial charge in [-0.05, 0) is 42.3 Å². The van der Waals surface area contributed by atoms with Crippen molar-refractivity contribution >= 4 is 21.8 Å². The molecular formula is C19H25BrN4O. The molecule has 1 aromatic heterocycles. The molecule has 0 N–H and O–H groups in total. The minimum Gasteiger partial charge on any atom is -0.338 e. The van der Waals surface area contributed by atoms with Crippen molar-refractivity contribution in [2.24, 2.45) is 0 Å². The Morgan fingerprint density at radius 1 is 1.16 bits per heavy atom. The molecule has 1 aliphatic rings. The van der Waals surface area contributed by atoms with Gasteiger partial charge in [0.15, 0.2) is 0 Å². The number of amides is 1. The molecule has 1 saturated heterocycles. The van der Waals surface area contributed by atoms with Crippen molar-refractivity contribution in [3.8, 4) is 0 Å². The van der Waals surface area contributed by atoms with Crippen LogP contribution in [0.1, 0.15) is 25.0 Å². The summed E-state index contributed by atoms with van der Waals surface area (Å²) in [4.78, 5) is 17.3. The third-order valence-electron chi connectivity index (χ3n) is 4.83. The fourth-order valence-corrected chi connectivity index (χ4v) is 3.44. The molecule has 2 heterocycles. The largest absolute Gasteiger partial charge is 0.338 e. The first-order valence-electron chi connectivity index (χ1n) is 8.64. The molecule has 0 aliphatic carbocycles. The Balaban J connectivity index is 1.58. The first kappa shape index (κ1) is 18.1. The van der Waals surface area contributed by atoms with Crippen LogP contribution in [-0.2, 0) is 16.9 Å². The van der Waals surface area contributed by atoms with E-state index in [4.69, 9.17) is 0 Å². The highest BCUT2D eigenvalue weighted by atomic mass is 79.9. The van der Waals surface area contributed by atoms with Crippen LogP contribution in [0.5, 0.6) is 0 Å². The van der Waals surface area contributed by atoms with Crippen molar-refractivity contribution in [3.05, 3.63) is 52.3 Å². The molecule has 5 nitrogen and oxygen atoms in total. The SMILES string of the molecule is Cc1ccc(CN2CCN(C(=O)C(C)(C)n3cc(Br)cn3)CC2)cc1. The van der Waals surface area contributed by atoms with E-state index in [1.54, 1.807) is 10.9 Å². The molecule has 1 amide bonds. The summed E-state index contributed by atoms with van der Waals surface area (Å²) in [7, 11) is 0. The third-order valence-corrected chi connectivity index (χ3v) is 5.24. The lowest BCUT2D eigenvalue weighted by molar-refractivity contribution is -0.141. The Morgan fingerprint density at radius 2 is 1.80 bits per heavy atom. The molecule has 0 bridgehead atoms. The molecule has 1 aliphatic heterocycles. The average Bonchev–Trinajstić information content (AvgIpc) is 3.04. The first-order valence-corrected chi connectivity index (χ1v) is 9.43. The smallest absolute Gasteiger partial charge is 0.250 e. The Labute approximate surface area is 157 Å². The monoisotopic (exact) mass is 404 g/mol. The second-order valence-electron chi connectivity index (χ2n) is 7.22. The molecule has 0 unspecified atom stereocenters. The highest BCUT2D eigenvalue weighted by Gasteiger charge is 2.35. The maximum Gasteiger partial charge on any atom is 0.250 e. The van der Waals surface area contributed by atoms with Gasteiger partial charge in [0.1, 0.15) is 5.54 Å². The van der Waals surface area contributed by atoms with Crippen molar-refractivity contribution in [2.75, 3.05) is 26.2 Å². The second-order valence-corrected chi connectivity index (χ2v) is 8.13. The number of aryl methyl sites for hydroxylation is 1. The zero-order valence-electron chi connectivity index (χ0n) is 15.1. The van der Waals surface area contributed by atoms with E-state index in [-0.39, 0.29) is 5.91 Å². The van der Waals surface area contributed by atoms with Crippen LogP contribution in [0.3, 0.4) is 0 Å². The van der Waals surface area contributed by atoms with Crippen LogP contribution in [0.4, 0.5) is 0 Å². The average molecular weight is 405 g/mol. The lowest BCUT2D eigenvalue weighted by Gasteiger charge is -2.38. The molecule has 0 radical (unpaired) electrons. The molecule has 25 heavy (non-hydrogen) atoms. The van der Waals surface area contributed by atoms with Gasteiger partial charge in [-0.2, -0.15) is 5.10 Å². The Morgan fingerprint density at radius 3 is 2.36 bits per heavy atom. The van der Waals surface area contributed by atoms with E-state index < -0.39 is 5.54 Å². The first-order chi connectivity index (χ1) is 11.9. The topological polar surface area (TPSA) is 41.4 Å². The van der Waals surface area contributed by atoms with E-state index in [0.717, 1.165) is 37.2 Å². The Bertz CT molecular complexity index is 730. The fraction of sp³-hybridized carbons (Fsp3) is 0.474. The van der Waals surface area contributed by atoms with Crippen LogP contribution in [0.15, 0.2) is 41.1 Å². The molecule has 6 heteroatoms. The van der Waals surface area contributed by atoms with Crippen LogP contribution < -0.4 is 0 Å². The predicted octanol–water partition coefficient (Wildman–Crippen LogP) is 3.03. The molecular weight excluding hydrogens is 380 g/mol. The molecule has 0 atom stereocenters. The second kappa shape index (κ2) is 7.30. The quantitative estimate of drug-likeness (QED) is 0.786. The summed E-state index contributed by atoms with van der Waals surface area (Å²) in [5.74, 6) is 0.123. The molecule has 2 aromatic rings. The van der Waals surface area contributed by atoms with Gasteiger partial charge in [0.05, 0.1) is 10.7 Å². The maximum absolute atomic E-state index is 13.0. The van der Waals surface area contributed by atoms with Gasteiger partial charge >= 0.3 is 0 Å². The maximum atomic E-state index is 13.0. The number of nitrogens with zero attached hydrogens (tertiary/aromatic N) is 4. The summed E-state index contributed by atoms with van der Waals surface area (Å²) in [6.45, 7) is 10.2. The van der Waals surface area contributed by atoms with E-state index in [0.29, 0.717) is 0 Å². The standard InChI is InChI=1S/C19H25BrN4O/c1-15-4-6-16(7-5-15)13-22-8-10-23(11-9-22)18(25)19(2,3)24-14-17(20)12-21-24/h4-7,12,14H,8-11,13H2,1-3H3. The summed E-state index contributed by atoms with van der Waals surface area (Å²) in [6.07, 6.45) is 3.57. The summed E-state index contributed by atoms with van der Waals surface area (Å²) >= 11 is 3.40. The summed E-state index contributed by atoms with van der Waals surface area (Å²) < 4.78 is 2.62. The zero-order chi connectivity index (χ0) is 18.0. The lowest BCUT2D eigenvalue weighted by Crippen LogP contribution is -2.54. The number of carbonyl (C=O) groups excluding carboxylic acids is 1. The highest BCUT2D eigenvalue weighted by Crippen LogP contribution is 2.21. The van der Waals surface area contributed by atoms with Gasteiger partial charge in [-0.15, -0.1) is 0 Å². The minimum absolute atomic E-state index is 0.123. The van der Waals surface area contributed by atoms with E-state index >= 15 is 0 Å². The molecule has 1 fully saturated rings. The van der Waals surface area contributed by atoms with Crippen molar-refractivity contribution in [3.63, 3.8) is 0 Å². The third kappa shape index (κ3) is 4.12. The van der Waals surface area contributed by atoms with Gasteiger partial charge < -0.3 is 4.90 Å². The predicted molar refractivity (Wildman–Crippen MR) is 102 cm³/mol. The van der Waals surface area contributed by atoms with Gasteiger partial charge in [-0.1, -0.05) is 29.8 Å². The molecule has 1 aromatic carbocycles. The number of benzene rings is 1. The molecule has 134 valence electrons. The van der Waals surface area contributed by atoms with Crippen LogP contribution in [0.2, 0.25) is 0 Å². The number of carbonyl (C=O) groups is 1. The van der Waals surface area contributed by atoms with E-state index in [1.807, 2.05) is 24.9 Å². The zero-order valence-corrected chi connectivity index (χ0v) is 16.7. The summed E-state index contributed by atoms with van der Waals surface area (Å²) in [6, 6.07) is 8.68. The summed E-state index contributed by atoms with van der Waals surface area (Å²) in [5.41, 5.74) is 1.93. The van der Waals surface area contributed by atoms with Gasteiger partial charge in [-0.3, -0.25) is 14.4 Å². The number of piperazine rings is 1. The number of halogens is 1.